The lowest BCUT2D eigenvalue weighted by Gasteiger charge is -2.02. The molecule has 3 heteroatoms. The van der Waals surface area contributed by atoms with E-state index in [1.165, 1.54) is 51.4 Å². The van der Waals surface area contributed by atoms with Crippen LogP contribution in [-0.2, 0) is 9.53 Å². The third-order valence-corrected chi connectivity index (χ3v) is 3.84. The Labute approximate surface area is 149 Å². The molecule has 0 aromatic rings. The van der Waals surface area contributed by atoms with E-state index in [4.69, 9.17) is 17.4 Å². The zero-order chi connectivity index (χ0) is 17.0. The van der Waals surface area contributed by atoms with Crippen LogP contribution in [0.1, 0.15) is 84.0 Å². The summed E-state index contributed by atoms with van der Waals surface area (Å²) >= 11 is 4.73. The Balaban J connectivity index is 3.23. The molecule has 1 radical (unpaired) electrons. The summed E-state index contributed by atoms with van der Waals surface area (Å²) in [6.45, 7) is 2.62. The first kappa shape index (κ1) is 22.3. The molecule has 0 fully saturated rings. The van der Waals surface area contributed by atoms with E-state index in [2.05, 4.69) is 31.2 Å². The van der Waals surface area contributed by atoms with Crippen LogP contribution < -0.4 is 0 Å². The minimum absolute atomic E-state index is 0.0967. The van der Waals surface area contributed by atoms with Crippen LogP contribution in [0.15, 0.2) is 24.3 Å². The number of rotatable bonds is 16. The summed E-state index contributed by atoms with van der Waals surface area (Å²) < 4.78 is 4.95. The Bertz CT molecular complexity index is 311. The zero-order valence-corrected chi connectivity index (χ0v) is 15.8. The highest BCUT2D eigenvalue weighted by Gasteiger charge is 2.01. The van der Waals surface area contributed by atoms with Gasteiger partial charge < -0.3 is 4.74 Å². The molecule has 0 aliphatic rings. The normalized spacial score (nSPS) is 11.6. The van der Waals surface area contributed by atoms with Gasteiger partial charge in [0.05, 0.1) is 0 Å². The van der Waals surface area contributed by atoms with E-state index in [0.717, 1.165) is 19.3 Å². The molecule has 0 rings (SSSR count). The maximum Gasteiger partial charge on any atom is 0.305 e. The van der Waals surface area contributed by atoms with Crippen molar-refractivity contribution in [1.29, 1.82) is 0 Å². The van der Waals surface area contributed by atoms with E-state index < -0.39 is 0 Å². The summed E-state index contributed by atoms with van der Waals surface area (Å²) in [5.74, 6) is 0.397. The van der Waals surface area contributed by atoms with Gasteiger partial charge in [0.15, 0.2) is 0 Å². The lowest BCUT2D eigenvalue weighted by atomic mass is 10.1. The number of unbranched alkanes of at least 4 members (excludes halogenated alkanes) is 8. The minimum Gasteiger partial charge on any atom is -0.465 e. The van der Waals surface area contributed by atoms with Gasteiger partial charge in [0.1, 0.15) is 6.61 Å². The number of ether oxygens (including phenoxy) is 1. The van der Waals surface area contributed by atoms with Gasteiger partial charge in [-0.2, -0.15) is 0 Å². The van der Waals surface area contributed by atoms with Crippen LogP contribution in [0.5, 0.6) is 0 Å². The monoisotopic (exact) mass is 339 g/mol. The molecule has 0 heterocycles. The maximum atomic E-state index is 11.3. The Morgan fingerprint density at radius 1 is 0.870 bits per heavy atom. The first-order valence-electron chi connectivity index (χ1n) is 9.35. The van der Waals surface area contributed by atoms with E-state index in [0.29, 0.717) is 18.8 Å². The summed E-state index contributed by atoms with van der Waals surface area (Å²) in [4.78, 5) is 11.3. The smallest absolute Gasteiger partial charge is 0.305 e. The molecule has 133 valence electrons. The fourth-order valence-electron chi connectivity index (χ4n) is 2.31. The Hall–Kier alpha value is -0.700. The third-order valence-electron chi connectivity index (χ3n) is 3.68. The van der Waals surface area contributed by atoms with Crippen molar-refractivity contribution in [1.82, 2.24) is 0 Å². The fraction of sp³-hybridized carbons (Fsp3) is 0.750. The molecule has 0 N–H and O–H groups in total. The Morgan fingerprint density at radius 2 is 1.48 bits per heavy atom. The van der Waals surface area contributed by atoms with Gasteiger partial charge in [-0.15, -0.1) is 0 Å². The van der Waals surface area contributed by atoms with Crippen molar-refractivity contribution in [3.63, 3.8) is 0 Å². The van der Waals surface area contributed by atoms with Crippen molar-refractivity contribution < 1.29 is 9.53 Å². The molecule has 0 atom stereocenters. The highest BCUT2D eigenvalue weighted by atomic mass is 32.1. The van der Waals surface area contributed by atoms with Crippen molar-refractivity contribution in [2.75, 3.05) is 12.4 Å². The molecule has 0 unspecified atom stereocenters. The summed E-state index contributed by atoms with van der Waals surface area (Å²) in [5, 5.41) is 0. The molecule has 0 spiro atoms. The average molecular weight is 340 g/mol. The largest absolute Gasteiger partial charge is 0.465 e. The van der Waals surface area contributed by atoms with Crippen LogP contribution in [0.25, 0.3) is 0 Å². The number of esters is 1. The van der Waals surface area contributed by atoms with Crippen LogP contribution in [0.2, 0.25) is 0 Å². The molecule has 0 bridgehead atoms. The number of carbonyl (C=O) groups excluding carboxylic acids is 1. The molecule has 0 aromatic carbocycles. The second kappa shape index (κ2) is 19.3. The molecule has 0 amide bonds. The zero-order valence-electron chi connectivity index (χ0n) is 14.9. The summed E-state index contributed by atoms with van der Waals surface area (Å²) in [6, 6.07) is 0. The summed E-state index contributed by atoms with van der Waals surface area (Å²) in [7, 11) is 0. The predicted molar refractivity (Wildman–Crippen MR) is 103 cm³/mol. The van der Waals surface area contributed by atoms with Crippen LogP contribution >= 0.6 is 12.6 Å². The maximum absolute atomic E-state index is 11.3. The van der Waals surface area contributed by atoms with Crippen LogP contribution in [0.3, 0.4) is 0 Å². The summed E-state index contributed by atoms with van der Waals surface area (Å²) in [6.07, 6.45) is 22.9. The fourth-order valence-corrected chi connectivity index (χ4v) is 2.39. The van der Waals surface area contributed by atoms with E-state index in [9.17, 15) is 4.79 Å². The molecule has 0 aliphatic heterocycles. The van der Waals surface area contributed by atoms with Crippen molar-refractivity contribution in [2.45, 2.75) is 84.0 Å². The third kappa shape index (κ3) is 19.3. The molecule has 2 nitrogen and oxygen atoms in total. The quantitative estimate of drug-likeness (QED) is 0.181. The van der Waals surface area contributed by atoms with Gasteiger partial charge in [-0.1, -0.05) is 76.0 Å². The highest BCUT2D eigenvalue weighted by Crippen LogP contribution is 2.08. The van der Waals surface area contributed by atoms with E-state index in [1.54, 1.807) is 0 Å². The molecular formula is C20H35O2S. The van der Waals surface area contributed by atoms with Crippen LogP contribution in [-0.4, -0.2) is 18.3 Å². The topological polar surface area (TPSA) is 26.3 Å². The predicted octanol–water partition coefficient (Wildman–Crippen LogP) is 6.54. The average Bonchev–Trinajstić information content (AvgIpc) is 2.56. The first-order chi connectivity index (χ1) is 11.3. The molecular weight excluding hydrogens is 304 g/mol. The molecule has 0 saturated heterocycles. The molecule has 0 aliphatic carbocycles. The van der Waals surface area contributed by atoms with Crippen molar-refractivity contribution in [2.24, 2.45) is 0 Å². The van der Waals surface area contributed by atoms with Crippen LogP contribution in [0.4, 0.5) is 0 Å². The Morgan fingerprint density at radius 3 is 2.13 bits per heavy atom. The van der Waals surface area contributed by atoms with Crippen molar-refractivity contribution >= 4 is 18.6 Å². The lowest BCUT2D eigenvalue weighted by molar-refractivity contribution is -0.143. The second-order valence-electron chi connectivity index (χ2n) is 5.91. The lowest BCUT2D eigenvalue weighted by Crippen LogP contribution is -2.06. The van der Waals surface area contributed by atoms with Gasteiger partial charge in [-0.05, 0) is 38.5 Å². The SMILES string of the molecule is CCCCC/C=C\C/C=C\CCCCCCCC(=O)OCC[S]. The standard InChI is InChI=1S/C20H35O2S/c1-2-3-4-5-6-7-8-9-10-11-12-13-14-15-16-17-20(21)22-18-19-23/h6-7,9-10H,2-5,8,11-19H2,1H3/b7-6-,10-9-. The Kier molecular flexibility index (Phi) is 18.8. The van der Waals surface area contributed by atoms with Crippen LogP contribution in [0, 0.1) is 0 Å². The van der Waals surface area contributed by atoms with E-state index >= 15 is 0 Å². The molecule has 23 heavy (non-hydrogen) atoms. The van der Waals surface area contributed by atoms with Gasteiger partial charge in [0.2, 0.25) is 0 Å². The number of allylic oxidation sites excluding steroid dienone is 4. The van der Waals surface area contributed by atoms with Crippen molar-refractivity contribution in [3.8, 4) is 0 Å². The second-order valence-corrected chi connectivity index (χ2v) is 6.31. The number of hydrogen-bond acceptors (Lipinski definition) is 2. The van der Waals surface area contributed by atoms with E-state index in [1.807, 2.05) is 0 Å². The number of hydrogen-bond donors (Lipinski definition) is 0. The summed E-state index contributed by atoms with van der Waals surface area (Å²) in [5.41, 5.74) is 0. The highest BCUT2D eigenvalue weighted by molar-refractivity contribution is 7.80. The van der Waals surface area contributed by atoms with E-state index in [-0.39, 0.29) is 5.97 Å². The molecule has 0 saturated carbocycles. The minimum atomic E-state index is -0.0967. The van der Waals surface area contributed by atoms with Gasteiger partial charge in [-0.3, -0.25) is 4.79 Å². The van der Waals surface area contributed by atoms with Gasteiger partial charge in [-0.25, -0.2) is 0 Å². The first-order valence-corrected chi connectivity index (χ1v) is 9.92. The van der Waals surface area contributed by atoms with Gasteiger partial charge in [0, 0.05) is 12.2 Å². The van der Waals surface area contributed by atoms with Crippen molar-refractivity contribution in [3.05, 3.63) is 24.3 Å². The number of carbonyl (C=O) groups is 1. The van der Waals surface area contributed by atoms with Gasteiger partial charge in [0.25, 0.3) is 0 Å². The van der Waals surface area contributed by atoms with Gasteiger partial charge >= 0.3 is 5.97 Å². The molecule has 0 aromatic heterocycles.